The summed E-state index contributed by atoms with van der Waals surface area (Å²) < 4.78 is 0. The maximum absolute atomic E-state index is 10.6. The highest BCUT2D eigenvalue weighted by molar-refractivity contribution is 5.99. The van der Waals surface area contributed by atoms with Crippen molar-refractivity contribution in [1.82, 2.24) is 4.98 Å². The van der Waals surface area contributed by atoms with Gasteiger partial charge >= 0.3 is 5.97 Å². The Balaban J connectivity index is 3.08. The van der Waals surface area contributed by atoms with Crippen molar-refractivity contribution in [1.29, 1.82) is 0 Å². The van der Waals surface area contributed by atoms with E-state index in [1.165, 1.54) is 25.4 Å². The number of carbonyl (C=O) groups is 1. The van der Waals surface area contributed by atoms with E-state index in [-0.39, 0.29) is 11.5 Å². The number of carboxylic acids is 1. The van der Waals surface area contributed by atoms with Gasteiger partial charge in [-0.15, -0.1) is 10.2 Å². The van der Waals surface area contributed by atoms with Crippen LogP contribution in [0.5, 0.6) is 0 Å². The molecular formula is C9H9N5O2. The first-order chi connectivity index (χ1) is 7.69. The summed E-state index contributed by atoms with van der Waals surface area (Å²) in [5.41, 5.74) is 0.464. The first kappa shape index (κ1) is 11.6. The van der Waals surface area contributed by atoms with Gasteiger partial charge in [-0.1, -0.05) is 0 Å². The van der Waals surface area contributed by atoms with Crippen LogP contribution in [0.25, 0.3) is 0 Å². The number of hydrogen-bond acceptors (Lipinski definition) is 5. The van der Waals surface area contributed by atoms with Gasteiger partial charge in [-0.2, -0.15) is 10.2 Å². The molecule has 0 saturated carbocycles. The molecule has 0 fully saturated rings. The topological polar surface area (TPSA) is 99.6 Å². The van der Waals surface area contributed by atoms with Crippen LogP contribution >= 0.6 is 0 Å². The van der Waals surface area contributed by atoms with E-state index in [1.807, 2.05) is 0 Å². The third-order valence-corrected chi connectivity index (χ3v) is 1.60. The van der Waals surface area contributed by atoms with Crippen LogP contribution in [0.15, 0.2) is 38.8 Å². The first-order valence-corrected chi connectivity index (χ1v) is 4.22. The van der Waals surface area contributed by atoms with E-state index < -0.39 is 5.97 Å². The molecule has 1 aromatic rings. The van der Waals surface area contributed by atoms with Gasteiger partial charge in [0.05, 0.1) is 0 Å². The molecule has 7 heteroatoms. The lowest BCUT2D eigenvalue weighted by Crippen LogP contribution is -2.03. The maximum atomic E-state index is 10.6. The molecule has 0 aliphatic rings. The first-order valence-electron chi connectivity index (χ1n) is 4.22. The molecule has 0 aliphatic carbocycles. The molecule has 7 nitrogen and oxygen atoms in total. The summed E-state index contributed by atoms with van der Waals surface area (Å²) in [5, 5.41) is 22.9. The largest absolute Gasteiger partial charge is 0.477 e. The molecule has 0 unspecified atom stereocenters. The summed E-state index contributed by atoms with van der Waals surface area (Å²) in [6.07, 6.45) is 1.34. The average molecular weight is 219 g/mol. The predicted molar refractivity (Wildman–Crippen MR) is 58.1 cm³/mol. The van der Waals surface area contributed by atoms with Crippen LogP contribution in [0.3, 0.4) is 0 Å². The monoisotopic (exact) mass is 219 g/mol. The number of aromatic nitrogens is 1. The highest BCUT2D eigenvalue weighted by atomic mass is 16.4. The van der Waals surface area contributed by atoms with E-state index in [1.54, 1.807) is 0 Å². The third-order valence-electron chi connectivity index (χ3n) is 1.60. The number of nitrogens with zero attached hydrogens (tertiary/aromatic N) is 5. The zero-order valence-electron chi connectivity index (χ0n) is 8.53. The minimum atomic E-state index is -1.09. The van der Waals surface area contributed by atoms with Gasteiger partial charge in [0.25, 0.3) is 0 Å². The second kappa shape index (κ2) is 5.44. The zero-order chi connectivity index (χ0) is 12.0. The van der Waals surface area contributed by atoms with Crippen molar-refractivity contribution < 1.29 is 9.90 Å². The van der Waals surface area contributed by atoms with E-state index in [0.29, 0.717) is 5.56 Å². The average Bonchev–Trinajstić information content (AvgIpc) is 2.29. The summed E-state index contributed by atoms with van der Waals surface area (Å²) in [6, 6.07) is 2.87. The molecule has 0 amide bonds. The number of carboxylic acid groups (broad SMARTS) is 1. The lowest BCUT2D eigenvalue weighted by atomic mass is 10.2. The highest BCUT2D eigenvalue weighted by Crippen LogP contribution is 2.04. The van der Waals surface area contributed by atoms with Crippen molar-refractivity contribution in [3.8, 4) is 0 Å². The zero-order valence-corrected chi connectivity index (χ0v) is 8.53. The lowest BCUT2D eigenvalue weighted by molar-refractivity contribution is 0.0690. The Morgan fingerprint density at radius 3 is 2.69 bits per heavy atom. The Bertz CT molecular complexity index is 449. The van der Waals surface area contributed by atoms with Crippen LogP contribution in [0.1, 0.15) is 16.1 Å². The van der Waals surface area contributed by atoms with Crippen molar-refractivity contribution in [2.75, 3.05) is 7.05 Å². The van der Waals surface area contributed by atoms with Crippen molar-refractivity contribution >= 4 is 18.5 Å². The summed E-state index contributed by atoms with van der Waals surface area (Å²) in [7, 11) is 1.48. The Hall–Kier alpha value is -2.44. The van der Waals surface area contributed by atoms with Crippen LogP contribution in [0.2, 0.25) is 0 Å². The second-order valence-electron chi connectivity index (χ2n) is 2.60. The SMILES string of the molecule is C=N/N=C(\N=N/C)c1ccc(C(=O)O)nc1. The summed E-state index contributed by atoms with van der Waals surface area (Å²) in [6.45, 7) is 3.20. The molecule has 0 atom stereocenters. The molecule has 1 N–H and O–H groups in total. The molecule has 0 aliphatic heterocycles. The van der Waals surface area contributed by atoms with Crippen LogP contribution < -0.4 is 0 Å². The van der Waals surface area contributed by atoms with E-state index >= 15 is 0 Å². The van der Waals surface area contributed by atoms with Gasteiger partial charge < -0.3 is 5.11 Å². The van der Waals surface area contributed by atoms with Crippen molar-refractivity contribution in [2.24, 2.45) is 20.4 Å². The normalized spacial score (nSPS) is 11.7. The molecule has 0 radical (unpaired) electrons. The molecule has 0 bridgehead atoms. The van der Waals surface area contributed by atoms with E-state index in [2.05, 4.69) is 32.1 Å². The van der Waals surface area contributed by atoms with Crippen molar-refractivity contribution in [3.05, 3.63) is 29.6 Å². The molecule has 1 aromatic heterocycles. The standard InChI is InChI=1S/C9H9N5O2/c1-10-13-8(14-11-2)6-3-4-7(9(15)16)12-5-6/h3-5H,1H2,2H3,(H,15,16)/b13-8-,14-11-. The van der Waals surface area contributed by atoms with Gasteiger partial charge in [0, 0.05) is 25.5 Å². The van der Waals surface area contributed by atoms with Crippen molar-refractivity contribution in [2.45, 2.75) is 0 Å². The summed E-state index contributed by atoms with van der Waals surface area (Å²) in [4.78, 5) is 14.3. The molecule has 0 aromatic carbocycles. The Labute approximate surface area is 91.3 Å². The molecule has 82 valence electrons. The van der Waals surface area contributed by atoms with Gasteiger partial charge in [0.2, 0.25) is 5.84 Å². The van der Waals surface area contributed by atoms with Gasteiger partial charge in [-0.3, -0.25) is 0 Å². The van der Waals surface area contributed by atoms with Crippen LogP contribution in [0.4, 0.5) is 0 Å². The predicted octanol–water partition coefficient (Wildman–Crippen LogP) is 1.22. The molecule has 0 saturated heterocycles. The van der Waals surface area contributed by atoms with E-state index in [4.69, 9.17) is 5.11 Å². The minimum Gasteiger partial charge on any atom is -0.477 e. The smallest absolute Gasteiger partial charge is 0.354 e. The number of aromatic carboxylic acids is 1. The number of rotatable bonds is 3. The molecule has 0 spiro atoms. The fourth-order valence-electron chi connectivity index (χ4n) is 0.950. The quantitative estimate of drug-likeness (QED) is 0.358. The Kier molecular flexibility index (Phi) is 3.96. The van der Waals surface area contributed by atoms with Gasteiger partial charge in [-0.25, -0.2) is 9.78 Å². The van der Waals surface area contributed by atoms with E-state index in [0.717, 1.165) is 0 Å². The maximum Gasteiger partial charge on any atom is 0.354 e. The van der Waals surface area contributed by atoms with Crippen molar-refractivity contribution in [3.63, 3.8) is 0 Å². The Morgan fingerprint density at radius 1 is 1.50 bits per heavy atom. The lowest BCUT2D eigenvalue weighted by Gasteiger charge is -1.98. The number of hydrogen-bond donors (Lipinski definition) is 1. The molecular weight excluding hydrogens is 210 g/mol. The fourth-order valence-corrected chi connectivity index (χ4v) is 0.950. The second-order valence-corrected chi connectivity index (χ2v) is 2.60. The van der Waals surface area contributed by atoms with Crippen LogP contribution in [-0.2, 0) is 0 Å². The number of amidine groups is 1. The molecule has 16 heavy (non-hydrogen) atoms. The summed E-state index contributed by atoms with van der Waals surface area (Å²) >= 11 is 0. The van der Waals surface area contributed by atoms with E-state index in [9.17, 15) is 4.79 Å². The summed E-state index contributed by atoms with van der Waals surface area (Å²) in [5.74, 6) is -0.869. The van der Waals surface area contributed by atoms with Crippen LogP contribution in [0, 0.1) is 0 Å². The minimum absolute atomic E-state index is 0.0527. The highest BCUT2D eigenvalue weighted by Gasteiger charge is 2.07. The number of azo groups is 1. The van der Waals surface area contributed by atoms with Gasteiger partial charge in [-0.05, 0) is 12.1 Å². The van der Waals surface area contributed by atoms with Crippen LogP contribution in [-0.4, -0.2) is 35.7 Å². The van der Waals surface area contributed by atoms with Gasteiger partial charge in [0.15, 0.2) is 0 Å². The Morgan fingerprint density at radius 2 is 2.25 bits per heavy atom. The fraction of sp³-hybridized carbons (Fsp3) is 0.111. The third kappa shape index (κ3) is 2.77. The number of pyridine rings is 1. The van der Waals surface area contributed by atoms with Gasteiger partial charge in [0.1, 0.15) is 5.69 Å². The molecule has 1 rings (SSSR count). The molecule has 1 heterocycles.